The first-order chi connectivity index (χ1) is 18.1. The summed E-state index contributed by atoms with van der Waals surface area (Å²) in [4.78, 5) is 30.9. The van der Waals surface area contributed by atoms with E-state index < -0.39 is 11.6 Å². The molecular formula is C27H29ClN6O3S. The average molecular weight is 553 g/mol. The first-order valence-electron chi connectivity index (χ1n) is 11.9. The summed E-state index contributed by atoms with van der Waals surface area (Å²) in [7, 11) is 1.59. The number of methoxy groups -OCH3 is 1. The highest BCUT2D eigenvalue weighted by Gasteiger charge is 2.34. The summed E-state index contributed by atoms with van der Waals surface area (Å²) in [6.45, 7) is 5.61. The van der Waals surface area contributed by atoms with Crippen LogP contribution in [-0.2, 0) is 22.7 Å². The van der Waals surface area contributed by atoms with Gasteiger partial charge in [-0.2, -0.15) is 4.80 Å². The van der Waals surface area contributed by atoms with Crippen LogP contribution in [0.1, 0.15) is 37.3 Å². The van der Waals surface area contributed by atoms with Gasteiger partial charge in [0.2, 0.25) is 17.6 Å². The Labute approximate surface area is 230 Å². The number of aromatic nitrogens is 4. The van der Waals surface area contributed by atoms with E-state index in [4.69, 9.17) is 16.3 Å². The number of thiophene rings is 1. The lowest BCUT2D eigenvalue weighted by Crippen LogP contribution is -2.49. The molecule has 1 N–H and O–H groups in total. The molecule has 9 nitrogen and oxygen atoms in total. The number of carbonyl (C=O) groups is 2. The molecule has 0 bridgehead atoms. The molecule has 11 heteroatoms. The largest absolute Gasteiger partial charge is 0.497 e. The molecular weight excluding hydrogens is 524 g/mol. The molecule has 0 saturated carbocycles. The molecule has 1 atom stereocenters. The molecule has 4 rings (SSSR count). The third kappa shape index (κ3) is 6.76. The lowest BCUT2D eigenvalue weighted by molar-refractivity contribution is -0.143. The van der Waals surface area contributed by atoms with Gasteiger partial charge in [0.15, 0.2) is 0 Å². The number of hydrogen-bond donors (Lipinski definition) is 1. The first-order valence-corrected chi connectivity index (χ1v) is 13.2. The zero-order valence-electron chi connectivity index (χ0n) is 21.6. The van der Waals surface area contributed by atoms with Crippen LogP contribution in [0.2, 0.25) is 5.02 Å². The van der Waals surface area contributed by atoms with Crippen LogP contribution in [0.15, 0.2) is 66.0 Å². The Balaban J connectivity index is 1.66. The lowest BCUT2D eigenvalue weighted by atomic mass is 10.1. The van der Waals surface area contributed by atoms with Crippen molar-refractivity contribution in [2.24, 2.45) is 0 Å². The molecule has 0 aliphatic heterocycles. The predicted octanol–water partition coefficient (Wildman–Crippen LogP) is 4.75. The fourth-order valence-corrected chi connectivity index (χ4v) is 4.85. The van der Waals surface area contributed by atoms with E-state index >= 15 is 0 Å². The Morgan fingerprint density at radius 2 is 1.84 bits per heavy atom. The Morgan fingerprint density at radius 1 is 1.11 bits per heavy atom. The number of ether oxygens (including phenoxy) is 1. The van der Waals surface area contributed by atoms with E-state index in [1.807, 2.05) is 68.6 Å². The summed E-state index contributed by atoms with van der Waals surface area (Å²) in [5.41, 5.74) is 0.962. The second kappa shape index (κ2) is 11.7. The molecule has 0 unspecified atom stereocenters. The fraction of sp³-hybridized carbons (Fsp3) is 0.296. The van der Waals surface area contributed by atoms with Gasteiger partial charge in [-0.1, -0.05) is 35.9 Å². The highest BCUT2D eigenvalue weighted by Crippen LogP contribution is 2.30. The minimum Gasteiger partial charge on any atom is -0.497 e. The van der Waals surface area contributed by atoms with Gasteiger partial charge in [0.25, 0.3) is 0 Å². The van der Waals surface area contributed by atoms with Crippen molar-refractivity contribution in [1.82, 2.24) is 30.4 Å². The van der Waals surface area contributed by atoms with Gasteiger partial charge < -0.3 is 15.0 Å². The second-order valence-corrected chi connectivity index (χ2v) is 11.0. The van der Waals surface area contributed by atoms with Gasteiger partial charge in [-0.05, 0) is 73.3 Å². The van der Waals surface area contributed by atoms with Crippen LogP contribution in [0.5, 0.6) is 5.75 Å². The summed E-state index contributed by atoms with van der Waals surface area (Å²) in [5, 5.41) is 18.0. The molecule has 2 heterocycles. The van der Waals surface area contributed by atoms with Crippen molar-refractivity contribution in [1.29, 1.82) is 0 Å². The highest BCUT2D eigenvalue weighted by atomic mass is 35.5. The average Bonchev–Trinajstić information content (AvgIpc) is 3.56. The SMILES string of the molecule is COc1ccc(-c2nnn(CC(=O)N(Cc3ccccc3Cl)[C@@H](C(=O)NC(C)(C)C)c3cccs3)n2)cc1. The molecule has 2 aromatic heterocycles. The molecule has 0 fully saturated rings. The van der Waals surface area contributed by atoms with E-state index in [0.29, 0.717) is 16.6 Å². The topological polar surface area (TPSA) is 102 Å². The number of nitrogens with zero attached hydrogens (tertiary/aromatic N) is 5. The van der Waals surface area contributed by atoms with Crippen molar-refractivity contribution < 1.29 is 14.3 Å². The zero-order valence-corrected chi connectivity index (χ0v) is 23.2. The van der Waals surface area contributed by atoms with Crippen LogP contribution >= 0.6 is 22.9 Å². The van der Waals surface area contributed by atoms with Crippen LogP contribution in [0, 0.1) is 0 Å². The zero-order chi connectivity index (χ0) is 27.3. The minimum atomic E-state index is -0.873. The summed E-state index contributed by atoms with van der Waals surface area (Å²) < 4.78 is 5.20. The smallest absolute Gasteiger partial charge is 0.248 e. The Morgan fingerprint density at radius 3 is 2.47 bits per heavy atom. The number of carbonyl (C=O) groups excluding carboxylic acids is 2. The normalized spacial score (nSPS) is 12.1. The van der Waals surface area contributed by atoms with Crippen LogP contribution in [0.25, 0.3) is 11.4 Å². The van der Waals surface area contributed by atoms with Gasteiger partial charge in [-0.15, -0.1) is 21.5 Å². The van der Waals surface area contributed by atoms with Crippen molar-refractivity contribution in [3.63, 3.8) is 0 Å². The number of nitrogens with one attached hydrogen (secondary N) is 1. The highest BCUT2D eigenvalue weighted by molar-refractivity contribution is 7.10. The van der Waals surface area contributed by atoms with Crippen molar-refractivity contribution in [2.75, 3.05) is 7.11 Å². The number of rotatable bonds is 9. The maximum atomic E-state index is 13.8. The van der Waals surface area contributed by atoms with Gasteiger partial charge in [-0.3, -0.25) is 9.59 Å². The van der Waals surface area contributed by atoms with Gasteiger partial charge in [0, 0.05) is 27.5 Å². The minimum absolute atomic E-state index is 0.124. The standard InChI is InChI=1S/C27H29ClN6O3S/c1-27(2,3)29-26(36)24(22-10-7-15-38-22)33(16-19-8-5-6-9-21(19)28)23(35)17-34-31-25(30-32-34)18-11-13-20(37-4)14-12-18/h5-15,24H,16-17H2,1-4H3,(H,29,36)/t24-/m1/s1. The third-order valence-corrected chi connectivity index (χ3v) is 6.86. The molecule has 198 valence electrons. The Kier molecular flexibility index (Phi) is 8.43. The monoisotopic (exact) mass is 552 g/mol. The number of halogens is 1. The molecule has 38 heavy (non-hydrogen) atoms. The van der Waals surface area contributed by atoms with Crippen LogP contribution in [0.4, 0.5) is 0 Å². The number of tetrazole rings is 1. The van der Waals surface area contributed by atoms with Crippen molar-refractivity contribution in [3.8, 4) is 17.1 Å². The summed E-state index contributed by atoms with van der Waals surface area (Å²) in [6, 6.07) is 17.3. The van der Waals surface area contributed by atoms with E-state index in [2.05, 4.69) is 20.7 Å². The third-order valence-electron chi connectivity index (χ3n) is 5.57. The first kappa shape index (κ1) is 27.3. The molecule has 2 aromatic carbocycles. The molecule has 0 radical (unpaired) electrons. The fourth-order valence-electron chi connectivity index (χ4n) is 3.82. The lowest BCUT2D eigenvalue weighted by Gasteiger charge is -2.33. The Bertz CT molecular complexity index is 1380. The molecule has 2 amide bonds. The molecule has 0 saturated heterocycles. The van der Waals surface area contributed by atoms with E-state index in [0.717, 1.165) is 16.0 Å². The number of hydrogen-bond acceptors (Lipinski definition) is 7. The number of benzene rings is 2. The second-order valence-electron chi connectivity index (χ2n) is 9.64. The Hall–Kier alpha value is -3.76. The molecule has 0 spiro atoms. The summed E-state index contributed by atoms with van der Waals surface area (Å²) in [5.74, 6) is 0.440. The van der Waals surface area contributed by atoms with Gasteiger partial charge >= 0.3 is 0 Å². The van der Waals surface area contributed by atoms with E-state index in [1.54, 1.807) is 25.3 Å². The molecule has 0 aliphatic carbocycles. The van der Waals surface area contributed by atoms with Crippen LogP contribution < -0.4 is 10.1 Å². The summed E-state index contributed by atoms with van der Waals surface area (Å²) >= 11 is 7.87. The van der Waals surface area contributed by atoms with E-state index in [1.165, 1.54) is 21.0 Å². The van der Waals surface area contributed by atoms with Gasteiger partial charge in [0.1, 0.15) is 18.3 Å². The van der Waals surface area contributed by atoms with E-state index in [-0.39, 0.29) is 24.9 Å². The van der Waals surface area contributed by atoms with Gasteiger partial charge in [-0.25, -0.2) is 0 Å². The predicted molar refractivity (Wildman–Crippen MR) is 147 cm³/mol. The molecule has 4 aromatic rings. The van der Waals surface area contributed by atoms with Crippen molar-refractivity contribution in [2.45, 2.75) is 45.4 Å². The maximum absolute atomic E-state index is 13.8. The molecule has 0 aliphatic rings. The van der Waals surface area contributed by atoms with E-state index in [9.17, 15) is 9.59 Å². The van der Waals surface area contributed by atoms with Crippen molar-refractivity contribution in [3.05, 3.63) is 81.5 Å². The van der Waals surface area contributed by atoms with Gasteiger partial charge in [0.05, 0.1) is 7.11 Å². The quantitative estimate of drug-likeness (QED) is 0.321. The summed E-state index contributed by atoms with van der Waals surface area (Å²) in [6.07, 6.45) is 0. The van der Waals surface area contributed by atoms with Crippen LogP contribution in [-0.4, -0.2) is 49.6 Å². The maximum Gasteiger partial charge on any atom is 0.248 e. The van der Waals surface area contributed by atoms with Crippen LogP contribution in [0.3, 0.4) is 0 Å². The van der Waals surface area contributed by atoms with Crippen molar-refractivity contribution >= 4 is 34.8 Å². The number of amides is 2.